The van der Waals surface area contributed by atoms with Crippen LogP contribution in [0.5, 0.6) is 0 Å². The minimum absolute atomic E-state index is 0.0391. The molecule has 0 spiro atoms. The summed E-state index contributed by atoms with van der Waals surface area (Å²) in [5.74, 6) is 0.325. The number of carbonyl (C=O) groups is 2. The lowest BCUT2D eigenvalue weighted by Crippen LogP contribution is -2.56. The molecule has 230 valence electrons. The summed E-state index contributed by atoms with van der Waals surface area (Å²) >= 11 is 0. The minimum atomic E-state index is -0.698. The molecule has 2 aromatic carbocycles. The van der Waals surface area contributed by atoms with Crippen molar-refractivity contribution in [2.45, 2.75) is 102 Å². The van der Waals surface area contributed by atoms with Crippen molar-refractivity contribution in [1.29, 1.82) is 0 Å². The van der Waals surface area contributed by atoms with Gasteiger partial charge in [-0.25, -0.2) is 0 Å². The summed E-state index contributed by atoms with van der Waals surface area (Å²) < 4.78 is 0. The zero-order valence-corrected chi connectivity index (χ0v) is 25.7. The van der Waals surface area contributed by atoms with Crippen LogP contribution >= 0.6 is 0 Å². The molecule has 0 saturated heterocycles. The van der Waals surface area contributed by atoms with Gasteiger partial charge in [0, 0.05) is 35.3 Å². The summed E-state index contributed by atoms with van der Waals surface area (Å²) in [6.07, 6.45) is 8.32. The predicted octanol–water partition coefficient (Wildman–Crippen LogP) is 5.00. The Morgan fingerprint density at radius 3 is 2.12 bits per heavy atom. The average Bonchev–Trinajstić information content (AvgIpc) is 3.42. The van der Waals surface area contributed by atoms with Gasteiger partial charge in [0.2, 0.25) is 0 Å². The summed E-state index contributed by atoms with van der Waals surface area (Å²) in [4.78, 5) is 31.3. The fourth-order valence-electron chi connectivity index (χ4n) is 7.47. The smallest absolute Gasteiger partial charge is 0.254 e. The van der Waals surface area contributed by atoms with Crippen molar-refractivity contribution in [1.82, 2.24) is 9.80 Å². The van der Waals surface area contributed by atoms with Crippen molar-refractivity contribution >= 4 is 11.8 Å². The van der Waals surface area contributed by atoms with Gasteiger partial charge in [-0.05, 0) is 94.9 Å². The molecule has 2 aliphatic carbocycles. The SMILES string of the molecule is CC(C)(C)N(CCO)C(=O)c1ccccc1CCC(O)Cc1ccccc1C(=O)N(CCO)C12CCCC[C@@H]1CCC2. The van der Waals surface area contributed by atoms with E-state index in [1.165, 1.54) is 6.42 Å². The highest BCUT2D eigenvalue weighted by Gasteiger charge is 2.50. The van der Waals surface area contributed by atoms with Gasteiger partial charge in [-0.2, -0.15) is 0 Å². The number of fused-ring (bicyclic) bond motifs is 1. The Bertz CT molecular complexity index is 1210. The van der Waals surface area contributed by atoms with E-state index in [0.29, 0.717) is 42.9 Å². The van der Waals surface area contributed by atoms with Gasteiger partial charge < -0.3 is 25.1 Å². The highest BCUT2D eigenvalue weighted by atomic mass is 16.3. The Hall–Kier alpha value is -2.74. The van der Waals surface area contributed by atoms with Crippen LogP contribution in [0, 0.1) is 5.92 Å². The van der Waals surface area contributed by atoms with Crippen LogP contribution in [0.1, 0.15) is 104 Å². The van der Waals surface area contributed by atoms with E-state index >= 15 is 0 Å². The Balaban J connectivity index is 1.49. The van der Waals surface area contributed by atoms with Crippen LogP contribution in [0.2, 0.25) is 0 Å². The van der Waals surface area contributed by atoms with E-state index in [2.05, 4.69) is 0 Å². The van der Waals surface area contributed by atoms with E-state index in [4.69, 9.17) is 0 Å². The van der Waals surface area contributed by atoms with Crippen LogP contribution in [0.15, 0.2) is 48.5 Å². The van der Waals surface area contributed by atoms with Crippen LogP contribution in [-0.2, 0) is 12.8 Å². The molecule has 2 amide bonds. The second-order valence-corrected chi connectivity index (χ2v) is 13.2. The summed E-state index contributed by atoms with van der Waals surface area (Å²) in [5.41, 5.74) is 2.25. The first-order valence-electron chi connectivity index (χ1n) is 15.8. The molecule has 42 heavy (non-hydrogen) atoms. The van der Waals surface area contributed by atoms with Gasteiger partial charge >= 0.3 is 0 Å². The van der Waals surface area contributed by atoms with Crippen LogP contribution < -0.4 is 0 Å². The fourth-order valence-corrected chi connectivity index (χ4v) is 7.47. The minimum Gasteiger partial charge on any atom is -0.395 e. The monoisotopic (exact) mass is 578 g/mol. The standard InChI is InChI=1S/C35H50N2O5/c1-34(2,3)36(21-23-38)32(41)30-15-6-4-11-26(30)17-18-29(40)25-27-12-5-7-16-31(27)33(42)37(22-24-39)35-19-9-8-13-28(35)14-10-20-35/h4-7,11-12,15-16,28-29,38-40H,8-10,13-14,17-25H2,1-3H3/t28-,29?,35?/m1/s1. The van der Waals surface area contributed by atoms with Crippen LogP contribution in [0.3, 0.4) is 0 Å². The third-order valence-corrected chi connectivity index (χ3v) is 9.52. The quantitative estimate of drug-likeness (QED) is 0.329. The maximum Gasteiger partial charge on any atom is 0.254 e. The molecule has 2 fully saturated rings. The normalized spacial score (nSPS) is 21.0. The van der Waals surface area contributed by atoms with Gasteiger partial charge in [0.15, 0.2) is 0 Å². The van der Waals surface area contributed by atoms with Gasteiger partial charge in [-0.15, -0.1) is 0 Å². The number of aliphatic hydroxyl groups is 3. The van der Waals surface area contributed by atoms with Crippen molar-refractivity contribution < 1.29 is 24.9 Å². The lowest BCUT2D eigenvalue weighted by atomic mass is 9.73. The Kier molecular flexibility index (Phi) is 10.8. The number of amides is 2. The molecule has 3 atom stereocenters. The highest BCUT2D eigenvalue weighted by Crippen LogP contribution is 2.49. The molecule has 0 aliphatic heterocycles. The molecular weight excluding hydrogens is 528 g/mol. The number of β-amino-alcohol motifs (C(OH)–C–C–N with tert-alkyl or cyclic N) is 2. The number of nitrogens with zero attached hydrogens (tertiary/aromatic N) is 2. The molecule has 4 rings (SSSR count). The molecule has 2 aliphatic rings. The number of hydrogen-bond donors (Lipinski definition) is 3. The summed E-state index contributed by atoms with van der Waals surface area (Å²) in [7, 11) is 0. The second-order valence-electron chi connectivity index (χ2n) is 13.2. The van der Waals surface area contributed by atoms with Crippen molar-refractivity contribution in [2.24, 2.45) is 5.92 Å². The number of aliphatic hydroxyl groups excluding tert-OH is 3. The molecule has 0 aromatic heterocycles. The molecular formula is C35H50N2O5. The summed E-state index contributed by atoms with van der Waals surface area (Å²) in [6.45, 7) is 6.27. The van der Waals surface area contributed by atoms with Crippen molar-refractivity contribution in [2.75, 3.05) is 26.3 Å². The van der Waals surface area contributed by atoms with E-state index < -0.39 is 11.6 Å². The number of carbonyl (C=O) groups excluding carboxylic acids is 2. The summed E-state index contributed by atoms with van der Waals surface area (Å²) in [6, 6.07) is 15.0. The van der Waals surface area contributed by atoms with E-state index in [1.54, 1.807) is 4.90 Å². The second kappa shape index (κ2) is 14.2. The maximum atomic E-state index is 14.1. The first-order valence-corrected chi connectivity index (χ1v) is 15.8. The Morgan fingerprint density at radius 1 is 0.857 bits per heavy atom. The van der Waals surface area contributed by atoms with Crippen LogP contribution in [0.4, 0.5) is 0 Å². The highest BCUT2D eigenvalue weighted by molar-refractivity contribution is 5.97. The van der Waals surface area contributed by atoms with E-state index in [1.807, 2.05) is 74.2 Å². The van der Waals surface area contributed by atoms with Crippen molar-refractivity contribution in [3.8, 4) is 0 Å². The number of benzene rings is 2. The molecule has 2 saturated carbocycles. The molecule has 2 aromatic rings. The van der Waals surface area contributed by atoms with Gasteiger partial charge in [-0.3, -0.25) is 9.59 Å². The van der Waals surface area contributed by atoms with Gasteiger partial charge in [-0.1, -0.05) is 55.7 Å². The Morgan fingerprint density at radius 2 is 1.45 bits per heavy atom. The lowest BCUT2D eigenvalue weighted by Gasteiger charge is -2.48. The van der Waals surface area contributed by atoms with Gasteiger partial charge in [0.1, 0.15) is 0 Å². The van der Waals surface area contributed by atoms with E-state index in [0.717, 1.165) is 49.7 Å². The average molecular weight is 579 g/mol. The molecule has 0 bridgehead atoms. The summed E-state index contributed by atoms with van der Waals surface area (Å²) in [5, 5.41) is 30.7. The number of aryl methyl sites for hydroxylation is 1. The zero-order valence-electron chi connectivity index (χ0n) is 25.7. The number of hydrogen-bond acceptors (Lipinski definition) is 5. The van der Waals surface area contributed by atoms with E-state index in [-0.39, 0.29) is 37.1 Å². The largest absolute Gasteiger partial charge is 0.395 e. The van der Waals surface area contributed by atoms with Crippen molar-refractivity contribution in [3.63, 3.8) is 0 Å². The topological polar surface area (TPSA) is 101 Å². The van der Waals surface area contributed by atoms with Crippen LogP contribution in [-0.4, -0.2) is 80.4 Å². The molecule has 0 radical (unpaired) electrons. The molecule has 7 heteroatoms. The fraction of sp³-hybridized carbons (Fsp3) is 0.600. The third-order valence-electron chi connectivity index (χ3n) is 9.52. The van der Waals surface area contributed by atoms with Gasteiger partial charge in [0.05, 0.1) is 19.3 Å². The molecule has 7 nitrogen and oxygen atoms in total. The zero-order chi connectivity index (χ0) is 30.3. The van der Waals surface area contributed by atoms with Crippen molar-refractivity contribution in [3.05, 3.63) is 70.8 Å². The van der Waals surface area contributed by atoms with Crippen LogP contribution in [0.25, 0.3) is 0 Å². The molecule has 0 heterocycles. The van der Waals surface area contributed by atoms with E-state index in [9.17, 15) is 24.9 Å². The first-order chi connectivity index (χ1) is 20.1. The molecule has 2 unspecified atom stereocenters. The first kappa shape index (κ1) is 32.2. The lowest BCUT2D eigenvalue weighted by molar-refractivity contribution is 0.0102. The molecule has 3 N–H and O–H groups in total. The maximum absolute atomic E-state index is 14.1. The van der Waals surface area contributed by atoms with Gasteiger partial charge in [0.25, 0.3) is 11.8 Å². The predicted molar refractivity (Wildman–Crippen MR) is 165 cm³/mol. The number of rotatable bonds is 12. The third kappa shape index (κ3) is 7.07. The Labute approximate surface area is 251 Å².